The second kappa shape index (κ2) is 8.38. The van der Waals surface area contributed by atoms with E-state index < -0.39 is 0 Å². The molecule has 0 saturated heterocycles. The molecule has 31 heavy (non-hydrogen) atoms. The first kappa shape index (κ1) is 19.6. The molecule has 5 rings (SSSR count). The van der Waals surface area contributed by atoms with Crippen molar-refractivity contribution in [3.8, 4) is 11.4 Å². The Hall–Kier alpha value is -3.40. The quantitative estimate of drug-likeness (QED) is 0.407. The molecule has 0 N–H and O–H groups in total. The maximum absolute atomic E-state index is 13.0. The third-order valence-electron chi connectivity index (χ3n) is 5.95. The number of hydrogen-bond donors (Lipinski definition) is 0. The van der Waals surface area contributed by atoms with E-state index >= 15 is 0 Å². The Balaban J connectivity index is 1.50. The van der Waals surface area contributed by atoms with Crippen LogP contribution in [0, 0.1) is 0 Å². The number of fused-ring (bicyclic) bond motifs is 1. The Kier molecular flexibility index (Phi) is 5.29. The summed E-state index contributed by atoms with van der Waals surface area (Å²) in [4.78, 5) is 17.4. The van der Waals surface area contributed by atoms with E-state index in [-0.39, 0.29) is 5.69 Å². The van der Waals surface area contributed by atoms with Crippen LogP contribution in [0.15, 0.2) is 77.6 Å². The fourth-order valence-electron chi connectivity index (χ4n) is 4.15. The van der Waals surface area contributed by atoms with Crippen LogP contribution in [-0.2, 0) is 12.8 Å². The van der Waals surface area contributed by atoms with E-state index in [1.807, 2.05) is 49.4 Å². The van der Waals surface area contributed by atoms with Crippen molar-refractivity contribution < 1.29 is 4.74 Å². The van der Waals surface area contributed by atoms with E-state index in [4.69, 9.17) is 4.74 Å². The summed E-state index contributed by atoms with van der Waals surface area (Å²) in [6, 6.07) is 24.5. The number of para-hydroxylation sites is 1. The zero-order valence-electron chi connectivity index (χ0n) is 17.8. The minimum atomic E-state index is -0.213. The van der Waals surface area contributed by atoms with E-state index in [1.165, 1.54) is 18.4 Å². The van der Waals surface area contributed by atoms with Gasteiger partial charge in [0.05, 0.1) is 23.5 Å². The highest BCUT2D eigenvalue weighted by molar-refractivity contribution is 5.83. The van der Waals surface area contributed by atoms with Crippen molar-refractivity contribution >= 4 is 10.9 Å². The van der Waals surface area contributed by atoms with Crippen LogP contribution in [-0.4, -0.2) is 16.2 Å². The van der Waals surface area contributed by atoms with Crippen LogP contribution < -0.4 is 10.4 Å². The highest BCUT2D eigenvalue weighted by Crippen LogP contribution is 2.41. The summed E-state index contributed by atoms with van der Waals surface area (Å²) in [5.74, 6) is 1.50. The van der Waals surface area contributed by atoms with Gasteiger partial charge in [-0.3, -0.25) is 4.57 Å². The minimum Gasteiger partial charge on any atom is -0.493 e. The predicted octanol–water partition coefficient (Wildman–Crippen LogP) is 5.45. The summed E-state index contributed by atoms with van der Waals surface area (Å²) < 4.78 is 7.61. The van der Waals surface area contributed by atoms with Crippen LogP contribution in [0.1, 0.15) is 42.5 Å². The predicted molar refractivity (Wildman–Crippen MR) is 124 cm³/mol. The van der Waals surface area contributed by atoms with Crippen molar-refractivity contribution in [2.75, 3.05) is 6.61 Å². The number of nitrogens with zero attached hydrogens (tertiary/aromatic N) is 2. The molecule has 0 bridgehead atoms. The van der Waals surface area contributed by atoms with Gasteiger partial charge < -0.3 is 4.74 Å². The van der Waals surface area contributed by atoms with Crippen LogP contribution >= 0.6 is 0 Å². The maximum atomic E-state index is 13.0. The summed E-state index contributed by atoms with van der Waals surface area (Å²) in [7, 11) is 0. The molecular weight excluding hydrogens is 384 g/mol. The molecule has 0 unspecified atom stereocenters. The first-order valence-electron chi connectivity index (χ1n) is 11.1. The van der Waals surface area contributed by atoms with Gasteiger partial charge in [0.25, 0.3) is 0 Å². The number of benzene rings is 3. The van der Waals surface area contributed by atoms with E-state index in [0.29, 0.717) is 12.5 Å². The molecule has 4 aromatic rings. The number of ether oxygens (including phenoxy) is 1. The Bertz CT molecular complexity index is 1270. The lowest BCUT2D eigenvalue weighted by Gasteiger charge is -2.14. The largest absolute Gasteiger partial charge is 0.493 e. The van der Waals surface area contributed by atoms with Crippen LogP contribution in [0.5, 0.6) is 5.75 Å². The topological polar surface area (TPSA) is 44.1 Å². The Morgan fingerprint density at radius 3 is 2.61 bits per heavy atom. The molecule has 1 aliphatic rings. The zero-order chi connectivity index (χ0) is 21.2. The van der Waals surface area contributed by atoms with Gasteiger partial charge in [-0.05, 0) is 66.6 Å². The van der Waals surface area contributed by atoms with Gasteiger partial charge in [-0.1, -0.05) is 49.4 Å². The van der Waals surface area contributed by atoms with Gasteiger partial charge in [0.1, 0.15) is 5.75 Å². The molecule has 4 heteroatoms. The van der Waals surface area contributed by atoms with E-state index in [2.05, 4.69) is 35.3 Å². The molecule has 3 aromatic carbocycles. The van der Waals surface area contributed by atoms with Crippen molar-refractivity contribution in [3.05, 3.63) is 100 Å². The molecule has 0 atom stereocenters. The molecule has 0 amide bonds. The molecule has 0 radical (unpaired) electrons. The summed E-state index contributed by atoms with van der Waals surface area (Å²) in [6.07, 6.45) is 3.98. The van der Waals surface area contributed by atoms with Gasteiger partial charge in [0.15, 0.2) is 0 Å². The van der Waals surface area contributed by atoms with Crippen LogP contribution in [0.4, 0.5) is 0 Å². The smallest absolute Gasteiger partial charge is 0.352 e. The van der Waals surface area contributed by atoms with Crippen molar-refractivity contribution in [1.29, 1.82) is 0 Å². The molecule has 1 fully saturated rings. The third kappa shape index (κ3) is 4.11. The second-order valence-corrected chi connectivity index (χ2v) is 8.16. The van der Waals surface area contributed by atoms with Gasteiger partial charge in [-0.25, -0.2) is 4.79 Å². The monoisotopic (exact) mass is 410 g/mol. The molecule has 0 aliphatic heterocycles. The highest BCUT2D eigenvalue weighted by atomic mass is 16.5. The first-order chi connectivity index (χ1) is 15.2. The first-order valence-corrected chi connectivity index (χ1v) is 11.1. The van der Waals surface area contributed by atoms with Gasteiger partial charge >= 0.3 is 5.69 Å². The molecule has 1 aliphatic carbocycles. The highest BCUT2D eigenvalue weighted by Gasteiger charge is 2.24. The van der Waals surface area contributed by atoms with Crippen molar-refractivity contribution in [1.82, 2.24) is 9.55 Å². The average molecular weight is 411 g/mol. The number of hydrogen-bond acceptors (Lipinski definition) is 3. The Labute approximate surface area is 182 Å². The van der Waals surface area contributed by atoms with Crippen LogP contribution in [0.25, 0.3) is 16.6 Å². The summed E-state index contributed by atoms with van der Waals surface area (Å²) in [5, 5.41) is 1.06. The summed E-state index contributed by atoms with van der Waals surface area (Å²) >= 11 is 0. The maximum Gasteiger partial charge on any atom is 0.352 e. The molecule has 1 aromatic heterocycles. The van der Waals surface area contributed by atoms with Crippen molar-refractivity contribution in [2.24, 2.45) is 0 Å². The SMILES string of the molecule is CCc1nc(=O)n(-c2cccc(CCOc3ccccc3)c2)c2cc(C3CC3)ccc12. The van der Waals surface area contributed by atoms with Crippen molar-refractivity contribution in [3.63, 3.8) is 0 Å². The molecule has 156 valence electrons. The normalized spacial score (nSPS) is 13.5. The Morgan fingerprint density at radius 1 is 1.00 bits per heavy atom. The van der Waals surface area contributed by atoms with E-state index in [1.54, 1.807) is 4.57 Å². The standard InChI is InChI=1S/C27H26N2O2/c1-2-25-24-14-13-21(20-11-12-20)18-26(24)29(27(30)28-25)22-8-6-7-19(17-22)15-16-31-23-9-4-3-5-10-23/h3-10,13-14,17-18,20H,2,11-12,15-16H2,1H3. The zero-order valence-corrected chi connectivity index (χ0v) is 17.8. The van der Waals surface area contributed by atoms with Crippen molar-refractivity contribution in [2.45, 2.75) is 38.5 Å². The molecule has 1 heterocycles. The second-order valence-electron chi connectivity index (χ2n) is 8.16. The van der Waals surface area contributed by atoms with E-state index in [9.17, 15) is 4.79 Å². The lowest BCUT2D eigenvalue weighted by Crippen LogP contribution is -2.23. The van der Waals surface area contributed by atoms with Gasteiger partial charge in [0, 0.05) is 11.8 Å². The lowest BCUT2D eigenvalue weighted by atomic mass is 10.0. The fraction of sp³-hybridized carbons (Fsp3) is 0.259. The van der Waals surface area contributed by atoms with Gasteiger partial charge in [0.2, 0.25) is 0 Å². The molecule has 1 saturated carbocycles. The molecular formula is C27H26N2O2. The number of aryl methyl sites for hydroxylation is 1. The number of aromatic nitrogens is 2. The summed E-state index contributed by atoms with van der Waals surface area (Å²) in [6.45, 7) is 2.63. The molecule has 0 spiro atoms. The fourth-order valence-corrected chi connectivity index (χ4v) is 4.15. The lowest BCUT2D eigenvalue weighted by molar-refractivity contribution is 0.322. The van der Waals surface area contributed by atoms with Gasteiger partial charge in [-0.15, -0.1) is 0 Å². The Morgan fingerprint density at radius 2 is 1.84 bits per heavy atom. The molecule has 4 nitrogen and oxygen atoms in total. The van der Waals surface area contributed by atoms with Gasteiger partial charge in [-0.2, -0.15) is 4.98 Å². The summed E-state index contributed by atoms with van der Waals surface area (Å²) in [5.41, 5.74) is 4.92. The van der Waals surface area contributed by atoms with Crippen LogP contribution in [0.2, 0.25) is 0 Å². The average Bonchev–Trinajstić information content (AvgIpc) is 3.65. The van der Waals surface area contributed by atoms with Crippen LogP contribution in [0.3, 0.4) is 0 Å². The third-order valence-corrected chi connectivity index (χ3v) is 5.95. The minimum absolute atomic E-state index is 0.213. The number of rotatable bonds is 7. The van der Waals surface area contributed by atoms with E-state index in [0.717, 1.165) is 46.4 Å².